The number of anilines is 2. The number of hydrogen-bond acceptors (Lipinski definition) is 7. The molecule has 1 aliphatic heterocycles. The van der Waals surface area contributed by atoms with Crippen molar-refractivity contribution in [2.45, 2.75) is 32.3 Å². The number of aromatic nitrogens is 3. The van der Waals surface area contributed by atoms with Gasteiger partial charge in [0.1, 0.15) is 23.9 Å². The number of hydrogen-bond donors (Lipinski definition) is 3. The molecule has 1 aliphatic rings. The van der Waals surface area contributed by atoms with Crippen molar-refractivity contribution in [1.82, 2.24) is 14.8 Å². The summed E-state index contributed by atoms with van der Waals surface area (Å²) >= 11 is 0. The van der Waals surface area contributed by atoms with Gasteiger partial charge < -0.3 is 30.2 Å². The number of alkyl halides is 2. The fourth-order valence-electron chi connectivity index (χ4n) is 5.35. The van der Waals surface area contributed by atoms with Crippen LogP contribution in [0.5, 0.6) is 17.2 Å². The van der Waals surface area contributed by atoms with Crippen LogP contribution in [-0.2, 0) is 0 Å². The summed E-state index contributed by atoms with van der Waals surface area (Å²) < 4.78 is 52.6. The van der Waals surface area contributed by atoms with Gasteiger partial charge in [0, 0.05) is 24.0 Å². The van der Waals surface area contributed by atoms with Gasteiger partial charge >= 0.3 is 0 Å². The number of aryl methyl sites for hydroxylation is 1. The number of carbonyl (C=O) groups is 1. The minimum atomic E-state index is -2.65. The maximum atomic E-state index is 14.0. The van der Waals surface area contributed by atoms with E-state index in [0.29, 0.717) is 54.0 Å². The maximum Gasteiger partial charge on any atom is 0.272 e. The zero-order valence-electron chi connectivity index (χ0n) is 23.8. The predicted octanol–water partition coefficient (Wildman–Crippen LogP) is 6.01. The minimum absolute atomic E-state index is 0.0963. The van der Waals surface area contributed by atoms with Gasteiger partial charge in [-0.05, 0) is 73.9 Å². The molecule has 0 radical (unpaired) electrons. The first kappa shape index (κ1) is 29.1. The molecular formula is C32H30F3N5O4. The highest BCUT2D eigenvalue weighted by molar-refractivity contribution is 6.12. The molecule has 0 bridgehead atoms. The van der Waals surface area contributed by atoms with Crippen LogP contribution >= 0.6 is 0 Å². The molecule has 3 heterocycles. The zero-order chi connectivity index (χ0) is 31.0. The fourth-order valence-corrected chi connectivity index (χ4v) is 5.35. The van der Waals surface area contributed by atoms with E-state index < -0.39 is 30.7 Å². The van der Waals surface area contributed by atoms with E-state index in [-0.39, 0.29) is 28.6 Å². The SMILES string of the molecule is Cc1cc(Oc2ccccc2F)ccc1-n1ncc(C(=O)c2cc3cc(OCC(F)F)c(N4CCC(O)CC4)cc3[nH]2)c1N. The van der Waals surface area contributed by atoms with E-state index in [1.807, 2.05) is 11.8 Å². The molecule has 228 valence electrons. The average Bonchev–Trinajstić information content (AvgIpc) is 3.60. The number of rotatable bonds is 9. The number of ether oxygens (including phenoxy) is 2. The van der Waals surface area contributed by atoms with Crippen LogP contribution in [-0.4, -0.2) is 57.9 Å². The molecule has 0 unspecified atom stereocenters. The first-order chi connectivity index (χ1) is 21.2. The summed E-state index contributed by atoms with van der Waals surface area (Å²) in [6, 6.07) is 16.2. The number of aromatic amines is 1. The minimum Gasteiger partial charge on any atom is -0.485 e. The molecular weight excluding hydrogens is 575 g/mol. The summed E-state index contributed by atoms with van der Waals surface area (Å²) in [4.78, 5) is 18.7. The van der Waals surface area contributed by atoms with Crippen molar-refractivity contribution in [2.24, 2.45) is 0 Å². The normalized spacial score (nSPS) is 14.0. The monoisotopic (exact) mass is 605 g/mol. The molecule has 9 nitrogen and oxygen atoms in total. The zero-order valence-corrected chi connectivity index (χ0v) is 23.8. The van der Waals surface area contributed by atoms with Gasteiger partial charge in [0.2, 0.25) is 5.78 Å². The van der Waals surface area contributed by atoms with E-state index >= 15 is 0 Å². The van der Waals surface area contributed by atoms with Gasteiger partial charge in [0.05, 0.1) is 34.9 Å². The Kier molecular flexibility index (Phi) is 7.92. The van der Waals surface area contributed by atoms with E-state index in [4.69, 9.17) is 15.2 Å². The van der Waals surface area contributed by atoms with Crippen LogP contribution in [0.25, 0.3) is 16.6 Å². The lowest BCUT2D eigenvalue weighted by molar-refractivity contribution is 0.0820. The summed E-state index contributed by atoms with van der Waals surface area (Å²) in [5, 5.41) is 14.9. The van der Waals surface area contributed by atoms with Crippen molar-refractivity contribution in [3.63, 3.8) is 0 Å². The van der Waals surface area contributed by atoms with Crippen LogP contribution in [0.4, 0.5) is 24.7 Å². The molecule has 1 fully saturated rings. The molecule has 3 aromatic carbocycles. The Balaban J connectivity index is 1.27. The quantitative estimate of drug-likeness (QED) is 0.176. The van der Waals surface area contributed by atoms with Crippen molar-refractivity contribution < 1.29 is 32.5 Å². The van der Waals surface area contributed by atoms with E-state index in [2.05, 4.69) is 10.1 Å². The predicted molar refractivity (Wildman–Crippen MR) is 160 cm³/mol. The van der Waals surface area contributed by atoms with Crippen molar-refractivity contribution in [1.29, 1.82) is 0 Å². The number of piperidine rings is 1. The van der Waals surface area contributed by atoms with Crippen molar-refractivity contribution >= 4 is 28.2 Å². The lowest BCUT2D eigenvalue weighted by Crippen LogP contribution is -2.36. The van der Waals surface area contributed by atoms with Gasteiger partial charge in [-0.3, -0.25) is 4.79 Å². The molecule has 6 rings (SSSR count). The second-order valence-electron chi connectivity index (χ2n) is 10.7. The van der Waals surface area contributed by atoms with Gasteiger partial charge in [-0.1, -0.05) is 12.1 Å². The maximum absolute atomic E-state index is 14.0. The van der Waals surface area contributed by atoms with Crippen LogP contribution in [0.1, 0.15) is 34.5 Å². The Hall–Kier alpha value is -4.97. The molecule has 0 atom stereocenters. The summed E-state index contributed by atoms with van der Waals surface area (Å²) in [6.07, 6.45) is -0.580. The van der Waals surface area contributed by atoms with Crippen LogP contribution < -0.4 is 20.1 Å². The number of halogens is 3. The Morgan fingerprint density at radius 1 is 1.09 bits per heavy atom. The molecule has 44 heavy (non-hydrogen) atoms. The largest absolute Gasteiger partial charge is 0.485 e. The number of nitrogens with two attached hydrogens (primary N) is 1. The number of para-hydroxylation sites is 1. The van der Waals surface area contributed by atoms with E-state index in [1.165, 1.54) is 23.0 Å². The van der Waals surface area contributed by atoms with E-state index in [0.717, 1.165) is 5.56 Å². The number of benzene rings is 3. The second-order valence-corrected chi connectivity index (χ2v) is 10.7. The lowest BCUT2D eigenvalue weighted by atomic mass is 10.1. The molecule has 5 aromatic rings. The lowest BCUT2D eigenvalue weighted by Gasteiger charge is -2.32. The molecule has 2 aromatic heterocycles. The third-order valence-electron chi connectivity index (χ3n) is 7.63. The van der Waals surface area contributed by atoms with Crippen molar-refractivity contribution in [3.8, 4) is 22.9 Å². The first-order valence-corrected chi connectivity index (χ1v) is 14.1. The summed E-state index contributed by atoms with van der Waals surface area (Å²) in [5.41, 5.74) is 9.38. The average molecular weight is 606 g/mol. The van der Waals surface area contributed by atoms with Crippen LogP contribution in [0.2, 0.25) is 0 Å². The summed E-state index contributed by atoms with van der Waals surface area (Å²) in [7, 11) is 0. The van der Waals surface area contributed by atoms with Crippen LogP contribution in [0.15, 0.2) is 66.9 Å². The number of carbonyl (C=O) groups excluding carboxylic acids is 1. The van der Waals surface area contributed by atoms with Gasteiger partial charge in [0.25, 0.3) is 6.43 Å². The van der Waals surface area contributed by atoms with E-state index in [9.17, 15) is 23.1 Å². The fraction of sp³-hybridized carbons (Fsp3) is 0.250. The summed E-state index contributed by atoms with van der Waals surface area (Å²) in [5.74, 6) is 0.0305. The number of nitrogen functional groups attached to an aromatic ring is 1. The third kappa shape index (κ3) is 5.80. The van der Waals surface area contributed by atoms with Crippen molar-refractivity contribution in [2.75, 3.05) is 30.3 Å². The molecule has 4 N–H and O–H groups in total. The molecule has 0 amide bonds. The van der Waals surface area contributed by atoms with Crippen molar-refractivity contribution in [3.05, 3.63) is 89.5 Å². The Morgan fingerprint density at radius 2 is 1.86 bits per heavy atom. The number of nitrogens with zero attached hydrogens (tertiary/aromatic N) is 3. The topological polar surface area (TPSA) is 119 Å². The van der Waals surface area contributed by atoms with Gasteiger partial charge in [-0.15, -0.1) is 0 Å². The first-order valence-electron chi connectivity index (χ1n) is 14.1. The Labute approximate surface area is 250 Å². The van der Waals surface area contributed by atoms with Gasteiger partial charge in [-0.2, -0.15) is 5.10 Å². The Morgan fingerprint density at radius 3 is 2.59 bits per heavy atom. The molecule has 12 heteroatoms. The van der Waals surface area contributed by atoms with Gasteiger partial charge in [-0.25, -0.2) is 17.9 Å². The molecule has 0 spiro atoms. The standard InChI is InChI=1S/C32H30F3N5O4/c1-18-12-21(44-28-5-3-2-4-23(28)33)6-7-26(18)40-32(36)22(16-37-40)31(42)25-13-19-14-29(43-17-30(34)35)27(15-24(19)38-25)39-10-8-20(41)9-11-39/h2-7,12-16,20,30,38,41H,8-11,17,36H2,1H3. The summed E-state index contributed by atoms with van der Waals surface area (Å²) in [6.45, 7) is 2.12. The molecule has 0 aliphatic carbocycles. The highest BCUT2D eigenvalue weighted by atomic mass is 19.3. The highest BCUT2D eigenvalue weighted by Gasteiger charge is 2.24. The highest BCUT2D eigenvalue weighted by Crippen LogP contribution is 2.36. The number of ketones is 1. The smallest absolute Gasteiger partial charge is 0.272 e. The number of aliphatic hydroxyl groups excluding tert-OH is 1. The Bertz CT molecular complexity index is 1830. The molecule has 1 saturated heterocycles. The molecule has 0 saturated carbocycles. The number of nitrogens with one attached hydrogen (secondary N) is 1. The second kappa shape index (κ2) is 12.0. The van der Waals surface area contributed by atoms with Crippen LogP contribution in [0.3, 0.4) is 0 Å². The van der Waals surface area contributed by atoms with Gasteiger partial charge in [0.15, 0.2) is 11.6 Å². The van der Waals surface area contributed by atoms with Crippen LogP contribution in [0, 0.1) is 12.7 Å². The third-order valence-corrected chi connectivity index (χ3v) is 7.63. The number of fused-ring (bicyclic) bond motifs is 1. The number of H-pyrrole nitrogens is 1. The van der Waals surface area contributed by atoms with E-state index in [1.54, 1.807) is 48.5 Å². The number of aliphatic hydroxyl groups is 1.